The third kappa shape index (κ3) is 5.41. The number of hydrogen-bond acceptors (Lipinski definition) is 4. The van der Waals surface area contributed by atoms with E-state index in [1.807, 2.05) is 0 Å². The van der Waals surface area contributed by atoms with Gasteiger partial charge in [-0.2, -0.15) is 18.4 Å². The molecule has 0 spiro atoms. The highest BCUT2D eigenvalue weighted by molar-refractivity contribution is 8.00. The predicted octanol–water partition coefficient (Wildman–Crippen LogP) is 5.82. The first-order chi connectivity index (χ1) is 14.7. The van der Waals surface area contributed by atoms with Gasteiger partial charge in [-0.3, -0.25) is 4.79 Å². The van der Waals surface area contributed by atoms with Gasteiger partial charge in [0.15, 0.2) is 0 Å². The number of aryl methyl sites for hydroxylation is 1. The number of carbonyl (C=O) groups is 1. The van der Waals surface area contributed by atoms with Crippen molar-refractivity contribution in [1.82, 2.24) is 4.98 Å². The lowest BCUT2D eigenvalue weighted by Crippen LogP contribution is -2.16. The average Bonchev–Trinajstić information content (AvgIpc) is 2.73. The van der Waals surface area contributed by atoms with Gasteiger partial charge < -0.3 is 5.32 Å². The van der Waals surface area contributed by atoms with Gasteiger partial charge >= 0.3 is 6.18 Å². The molecule has 1 heterocycles. The summed E-state index contributed by atoms with van der Waals surface area (Å²) in [5, 5.41) is 11.7. The average molecular weight is 445 g/mol. The SMILES string of the molecule is Cc1cc(F)ccc1NC(=O)CSc1nc(-c2ccccc2)cc(C(F)(F)F)c1C#N. The molecule has 9 heteroatoms. The normalized spacial score (nSPS) is 11.1. The second-order valence-corrected chi connectivity index (χ2v) is 7.47. The molecule has 4 nitrogen and oxygen atoms in total. The quantitative estimate of drug-likeness (QED) is 0.397. The third-order valence-corrected chi connectivity index (χ3v) is 5.25. The molecule has 0 aliphatic heterocycles. The summed E-state index contributed by atoms with van der Waals surface area (Å²) in [6.07, 6.45) is -4.76. The van der Waals surface area contributed by atoms with Crippen LogP contribution in [0.15, 0.2) is 59.6 Å². The summed E-state index contributed by atoms with van der Waals surface area (Å²) >= 11 is 0.727. The van der Waals surface area contributed by atoms with E-state index in [9.17, 15) is 27.6 Å². The first kappa shape index (κ1) is 22.3. The van der Waals surface area contributed by atoms with Crippen LogP contribution in [-0.4, -0.2) is 16.6 Å². The van der Waals surface area contributed by atoms with Gasteiger partial charge in [0.1, 0.15) is 16.9 Å². The molecule has 2 aromatic carbocycles. The van der Waals surface area contributed by atoms with Crippen LogP contribution >= 0.6 is 11.8 Å². The zero-order valence-electron chi connectivity index (χ0n) is 16.1. The monoisotopic (exact) mass is 445 g/mol. The lowest BCUT2D eigenvalue weighted by molar-refractivity contribution is -0.138. The van der Waals surface area contributed by atoms with Gasteiger partial charge in [-0.05, 0) is 36.8 Å². The van der Waals surface area contributed by atoms with E-state index in [0.29, 0.717) is 16.8 Å². The van der Waals surface area contributed by atoms with Crippen LogP contribution in [0.2, 0.25) is 0 Å². The number of benzene rings is 2. The van der Waals surface area contributed by atoms with Crippen molar-refractivity contribution in [1.29, 1.82) is 5.26 Å². The fourth-order valence-corrected chi connectivity index (χ4v) is 3.60. The molecule has 0 aliphatic carbocycles. The van der Waals surface area contributed by atoms with Crippen LogP contribution in [0, 0.1) is 24.1 Å². The van der Waals surface area contributed by atoms with Gasteiger partial charge in [0.25, 0.3) is 0 Å². The summed E-state index contributed by atoms with van der Waals surface area (Å²) in [7, 11) is 0. The number of halogens is 4. The number of nitrogens with one attached hydrogen (secondary N) is 1. The summed E-state index contributed by atoms with van der Waals surface area (Å²) in [5.41, 5.74) is -0.367. The number of carbonyl (C=O) groups excluding carboxylic acids is 1. The molecule has 0 atom stereocenters. The Hall–Kier alpha value is -3.38. The maximum absolute atomic E-state index is 13.6. The molecular formula is C22H15F4N3OS. The van der Waals surface area contributed by atoms with Gasteiger partial charge in [-0.25, -0.2) is 9.37 Å². The van der Waals surface area contributed by atoms with Crippen LogP contribution in [0.5, 0.6) is 0 Å². The number of aromatic nitrogens is 1. The Kier molecular flexibility index (Phi) is 6.61. The Morgan fingerprint density at radius 2 is 1.87 bits per heavy atom. The number of pyridine rings is 1. The number of nitriles is 1. The minimum absolute atomic E-state index is 0.0456. The Bertz CT molecular complexity index is 1160. The molecule has 31 heavy (non-hydrogen) atoms. The first-order valence-corrected chi connectivity index (χ1v) is 9.94. The second-order valence-electron chi connectivity index (χ2n) is 6.51. The zero-order chi connectivity index (χ0) is 22.6. The van der Waals surface area contributed by atoms with Crippen LogP contribution in [-0.2, 0) is 11.0 Å². The first-order valence-electron chi connectivity index (χ1n) is 8.95. The molecule has 3 rings (SSSR count). The third-order valence-electron chi connectivity index (χ3n) is 4.28. The van der Waals surface area contributed by atoms with Crippen molar-refractivity contribution < 1.29 is 22.4 Å². The molecule has 0 aliphatic rings. The fourth-order valence-electron chi connectivity index (χ4n) is 2.80. The van der Waals surface area contributed by atoms with Crippen LogP contribution in [0.1, 0.15) is 16.7 Å². The largest absolute Gasteiger partial charge is 0.417 e. The van der Waals surface area contributed by atoms with E-state index in [1.165, 1.54) is 18.2 Å². The minimum Gasteiger partial charge on any atom is -0.325 e. The maximum Gasteiger partial charge on any atom is 0.417 e. The molecule has 1 N–H and O–H groups in total. The maximum atomic E-state index is 13.6. The van der Waals surface area contributed by atoms with Crippen molar-refractivity contribution in [2.75, 3.05) is 11.1 Å². The second kappa shape index (κ2) is 9.18. The number of thioether (sulfide) groups is 1. The van der Waals surface area contributed by atoms with Gasteiger partial charge in [0.05, 0.1) is 22.6 Å². The van der Waals surface area contributed by atoms with Crippen molar-refractivity contribution in [2.24, 2.45) is 0 Å². The van der Waals surface area contributed by atoms with Crippen molar-refractivity contribution in [3.05, 3.63) is 77.1 Å². The van der Waals surface area contributed by atoms with E-state index in [2.05, 4.69) is 10.3 Å². The highest BCUT2D eigenvalue weighted by Gasteiger charge is 2.36. The summed E-state index contributed by atoms with van der Waals surface area (Å²) < 4.78 is 53.9. The van der Waals surface area contributed by atoms with Gasteiger partial charge in [-0.15, -0.1) is 0 Å². The molecule has 0 fully saturated rings. The van der Waals surface area contributed by atoms with E-state index in [4.69, 9.17) is 0 Å². The van der Waals surface area contributed by atoms with E-state index in [1.54, 1.807) is 43.3 Å². The molecular weight excluding hydrogens is 430 g/mol. The number of amides is 1. The highest BCUT2D eigenvalue weighted by atomic mass is 32.2. The van der Waals surface area contributed by atoms with Gasteiger partial charge in [0, 0.05) is 11.3 Å². The Morgan fingerprint density at radius 1 is 1.16 bits per heavy atom. The van der Waals surface area contributed by atoms with Crippen LogP contribution in [0.25, 0.3) is 11.3 Å². The molecule has 158 valence electrons. The molecule has 3 aromatic rings. The highest BCUT2D eigenvalue weighted by Crippen LogP contribution is 2.38. The molecule has 0 saturated carbocycles. The molecule has 0 bridgehead atoms. The van der Waals surface area contributed by atoms with Gasteiger partial charge in [-0.1, -0.05) is 42.1 Å². The lowest BCUT2D eigenvalue weighted by atomic mass is 10.1. The van der Waals surface area contributed by atoms with Crippen LogP contribution in [0.3, 0.4) is 0 Å². The minimum atomic E-state index is -4.76. The number of rotatable bonds is 5. The number of alkyl halides is 3. The number of nitrogens with zero attached hydrogens (tertiary/aromatic N) is 2. The van der Waals surface area contributed by atoms with E-state index in [0.717, 1.165) is 17.8 Å². The van der Waals surface area contributed by atoms with Crippen molar-refractivity contribution in [3.8, 4) is 17.3 Å². The smallest absolute Gasteiger partial charge is 0.325 e. The lowest BCUT2D eigenvalue weighted by Gasteiger charge is -2.14. The molecule has 0 saturated heterocycles. The van der Waals surface area contributed by atoms with E-state index < -0.39 is 29.0 Å². The van der Waals surface area contributed by atoms with Crippen LogP contribution in [0.4, 0.5) is 23.2 Å². The molecule has 0 radical (unpaired) electrons. The Labute approximate surface area is 179 Å². The summed E-state index contributed by atoms with van der Waals surface area (Å²) in [6.45, 7) is 1.61. The summed E-state index contributed by atoms with van der Waals surface area (Å²) in [6, 6.07) is 14.5. The van der Waals surface area contributed by atoms with E-state index in [-0.39, 0.29) is 16.5 Å². The number of hydrogen-bond donors (Lipinski definition) is 1. The number of anilines is 1. The predicted molar refractivity (Wildman–Crippen MR) is 110 cm³/mol. The van der Waals surface area contributed by atoms with Crippen LogP contribution < -0.4 is 5.32 Å². The Balaban J connectivity index is 1.90. The molecule has 1 amide bonds. The van der Waals surface area contributed by atoms with E-state index >= 15 is 0 Å². The zero-order valence-corrected chi connectivity index (χ0v) is 16.9. The van der Waals surface area contributed by atoms with Crippen molar-refractivity contribution >= 4 is 23.4 Å². The topological polar surface area (TPSA) is 65.8 Å². The molecule has 1 aromatic heterocycles. The standard InChI is InChI=1S/C22H15F4N3OS/c1-13-9-15(23)7-8-18(13)28-20(30)12-31-21-16(11-27)17(22(24,25)26)10-19(29-21)14-5-3-2-4-6-14/h2-10H,12H2,1H3,(H,28,30). The fraction of sp³-hybridized carbons (Fsp3) is 0.136. The summed E-state index contributed by atoms with van der Waals surface area (Å²) in [5.74, 6) is -1.26. The van der Waals surface area contributed by atoms with Gasteiger partial charge in [0.2, 0.25) is 5.91 Å². The van der Waals surface area contributed by atoms with Crippen molar-refractivity contribution in [3.63, 3.8) is 0 Å². The Morgan fingerprint density at radius 3 is 2.48 bits per heavy atom. The molecule has 0 unspecified atom stereocenters. The summed E-state index contributed by atoms with van der Waals surface area (Å²) in [4.78, 5) is 16.5. The van der Waals surface area contributed by atoms with Crippen molar-refractivity contribution in [2.45, 2.75) is 18.1 Å².